The molecule has 0 heterocycles. The molecule has 0 amide bonds. The third-order valence-electron chi connectivity index (χ3n) is 2.96. The lowest BCUT2D eigenvalue weighted by atomic mass is 10.1. The second-order valence-electron chi connectivity index (χ2n) is 4.63. The number of carbonyl (C=O) groups is 1. The van der Waals surface area contributed by atoms with Crippen LogP contribution in [0.4, 0.5) is 0 Å². The van der Waals surface area contributed by atoms with Crippen molar-refractivity contribution in [3.8, 4) is 5.75 Å². The maximum absolute atomic E-state index is 11.4. The Bertz CT molecular complexity index is 358. The number of ketones is 1. The van der Waals surface area contributed by atoms with Gasteiger partial charge in [-0.2, -0.15) is 0 Å². The molecular formula is C16H24O2. The van der Waals surface area contributed by atoms with E-state index < -0.39 is 0 Å². The van der Waals surface area contributed by atoms with Crippen LogP contribution in [0, 0.1) is 0 Å². The molecule has 100 valence electrons. The minimum Gasteiger partial charge on any atom is -0.494 e. The molecule has 2 nitrogen and oxygen atoms in total. The maximum atomic E-state index is 11.4. The van der Waals surface area contributed by atoms with Crippen LogP contribution in [-0.2, 0) is 11.2 Å². The lowest BCUT2D eigenvalue weighted by Gasteiger charge is -2.07. The highest BCUT2D eigenvalue weighted by atomic mass is 16.5. The van der Waals surface area contributed by atoms with Crippen LogP contribution in [0.15, 0.2) is 24.3 Å². The predicted octanol–water partition coefficient (Wildman–Crippen LogP) is 4.17. The maximum Gasteiger partial charge on any atom is 0.136 e. The third kappa shape index (κ3) is 5.85. The van der Waals surface area contributed by atoms with Crippen molar-refractivity contribution in [1.29, 1.82) is 0 Å². The monoisotopic (exact) mass is 248 g/mol. The number of ether oxygens (including phenoxy) is 1. The molecule has 0 N–H and O–H groups in total. The van der Waals surface area contributed by atoms with E-state index in [1.807, 2.05) is 31.2 Å². The SMILES string of the molecule is CCCCCCOc1cccc(CC(=O)CC)c1. The van der Waals surface area contributed by atoms with Crippen molar-refractivity contribution in [2.45, 2.75) is 52.4 Å². The van der Waals surface area contributed by atoms with E-state index in [2.05, 4.69) is 6.92 Å². The van der Waals surface area contributed by atoms with Gasteiger partial charge in [0.2, 0.25) is 0 Å². The number of hydrogen-bond donors (Lipinski definition) is 0. The van der Waals surface area contributed by atoms with Crippen LogP contribution in [-0.4, -0.2) is 12.4 Å². The van der Waals surface area contributed by atoms with Gasteiger partial charge in [-0.25, -0.2) is 0 Å². The molecule has 18 heavy (non-hydrogen) atoms. The Morgan fingerprint density at radius 1 is 1.17 bits per heavy atom. The lowest BCUT2D eigenvalue weighted by Crippen LogP contribution is -2.01. The lowest BCUT2D eigenvalue weighted by molar-refractivity contribution is -0.118. The molecule has 0 aliphatic carbocycles. The first-order valence-corrected chi connectivity index (χ1v) is 6.99. The minimum atomic E-state index is 0.273. The Labute approximate surface area is 110 Å². The van der Waals surface area contributed by atoms with Crippen molar-refractivity contribution >= 4 is 5.78 Å². The average molecular weight is 248 g/mol. The van der Waals surface area contributed by atoms with Crippen LogP contribution >= 0.6 is 0 Å². The van der Waals surface area contributed by atoms with E-state index in [9.17, 15) is 4.79 Å². The van der Waals surface area contributed by atoms with Gasteiger partial charge in [0.1, 0.15) is 11.5 Å². The zero-order valence-electron chi connectivity index (χ0n) is 11.6. The summed E-state index contributed by atoms with van der Waals surface area (Å²) in [6.07, 6.45) is 5.96. The molecule has 0 spiro atoms. The van der Waals surface area contributed by atoms with Gasteiger partial charge < -0.3 is 4.74 Å². The quantitative estimate of drug-likeness (QED) is 0.613. The van der Waals surface area contributed by atoms with Crippen molar-refractivity contribution < 1.29 is 9.53 Å². The summed E-state index contributed by atoms with van der Waals surface area (Å²) in [6.45, 7) is 4.87. The van der Waals surface area contributed by atoms with Crippen LogP contribution in [0.3, 0.4) is 0 Å². The normalized spacial score (nSPS) is 10.3. The van der Waals surface area contributed by atoms with Crippen LogP contribution in [0.1, 0.15) is 51.5 Å². The van der Waals surface area contributed by atoms with Crippen LogP contribution < -0.4 is 4.74 Å². The molecule has 0 aromatic heterocycles. The first-order chi connectivity index (χ1) is 8.76. The summed E-state index contributed by atoms with van der Waals surface area (Å²) >= 11 is 0. The zero-order chi connectivity index (χ0) is 13.2. The summed E-state index contributed by atoms with van der Waals surface area (Å²) in [4.78, 5) is 11.4. The number of carbonyl (C=O) groups excluding carboxylic acids is 1. The van der Waals surface area contributed by atoms with Crippen molar-refractivity contribution in [2.75, 3.05) is 6.61 Å². The second kappa shape index (κ2) is 8.73. The molecule has 0 unspecified atom stereocenters. The van der Waals surface area contributed by atoms with E-state index in [1.54, 1.807) is 0 Å². The number of hydrogen-bond acceptors (Lipinski definition) is 2. The molecule has 1 aromatic carbocycles. The molecule has 0 atom stereocenters. The fraction of sp³-hybridized carbons (Fsp3) is 0.562. The zero-order valence-corrected chi connectivity index (χ0v) is 11.6. The first kappa shape index (κ1) is 14.7. The summed E-state index contributed by atoms with van der Waals surface area (Å²) in [7, 11) is 0. The standard InChI is InChI=1S/C16H24O2/c1-3-5-6-7-11-18-16-10-8-9-14(13-16)12-15(17)4-2/h8-10,13H,3-7,11-12H2,1-2H3. The Balaban J connectivity index is 2.37. The van der Waals surface area contributed by atoms with Crippen LogP contribution in [0.5, 0.6) is 5.75 Å². The summed E-state index contributed by atoms with van der Waals surface area (Å²) in [5, 5.41) is 0. The highest BCUT2D eigenvalue weighted by Crippen LogP contribution is 2.15. The molecule has 1 aromatic rings. The van der Waals surface area contributed by atoms with Gasteiger partial charge in [0, 0.05) is 12.8 Å². The minimum absolute atomic E-state index is 0.273. The predicted molar refractivity (Wildman–Crippen MR) is 75.1 cm³/mol. The smallest absolute Gasteiger partial charge is 0.136 e. The molecule has 0 saturated heterocycles. The number of unbranched alkanes of at least 4 members (excludes halogenated alkanes) is 3. The van der Waals surface area contributed by atoms with E-state index in [4.69, 9.17) is 4.74 Å². The Kier molecular flexibility index (Phi) is 7.16. The summed E-state index contributed by atoms with van der Waals surface area (Å²) in [5.41, 5.74) is 1.05. The Hall–Kier alpha value is -1.31. The molecule has 0 bridgehead atoms. The fourth-order valence-corrected chi connectivity index (χ4v) is 1.82. The van der Waals surface area contributed by atoms with Crippen LogP contribution in [0.25, 0.3) is 0 Å². The van der Waals surface area contributed by atoms with Crippen molar-refractivity contribution in [3.05, 3.63) is 29.8 Å². The van der Waals surface area contributed by atoms with Crippen molar-refractivity contribution in [3.63, 3.8) is 0 Å². The number of benzene rings is 1. The van der Waals surface area contributed by atoms with Gasteiger partial charge in [0.05, 0.1) is 6.61 Å². The molecule has 0 aliphatic rings. The van der Waals surface area contributed by atoms with E-state index >= 15 is 0 Å². The fourth-order valence-electron chi connectivity index (χ4n) is 1.82. The molecule has 0 radical (unpaired) electrons. The summed E-state index contributed by atoms with van der Waals surface area (Å²) in [6, 6.07) is 7.88. The average Bonchev–Trinajstić information content (AvgIpc) is 2.39. The molecule has 0 fully saturated rings. The van der Waals surface area contributed by atoms with E-state index in [1.165, 1.54) is 19.3 Å². The largest absolute Gasteiger partial charge is 0.494 e. The Morgan fingerprint density at radius 2 is 2.00 bits per heavy atom. The number of rotatable bonds is 9. The van der Waals surface area contributed by atoms with Gasteiger partial charge in [0.25, 0.3) is 0 Å². The molecule has 2 heteroatoms. The summed E-state index contributed by atoms with van der Waals surface area (Å²) in [5.74, 6) is 1.16. The van der Waals surface area contributed by atoms with Gasteiger partial charge in [-0.05, 0) is 24.1 Å². The van der Waals surface area contributed by atoms with Crippen molar-refractivity contribution in [2.24, 2.45) is 0 Å². The molecule has 0 saturated carbocycles. The third-order valence-corrected chi connectivity index (χ3v) is 2.96. The Morgan fingerprint density at radius 3 is 2.72 bits per heavy atom. The van der Waals surface area contributed by atoms with Gasteiger partial charge in [-0.1, -0.05) is 45.2 Å². The van der Waals surface area contributed by atoms with E-state index in [0.29, 0.717) is 12.8 Å². The van der Waals surface area contributed by atoms with Gasteiger partial charge in [-0.15, -0.1) is 0 Å². The highest BCUT2D eigenvalue weighted by Gasteiger charge is 2.02. The number of Topliss-reactive ketones (excluding diaryl/α,β-unsaturated/α-hetero) is 1. The summed E-state index contributed by atoms with van der Waals surface area (Å²) < 4.78 is 5.70. The molecular weight excluding hydrogens is 224 g/mol. The van der Waals surface area contributed by atoms with E-state index in [0.717, 1.165) is 24.3 Å². The van der Waals surface area contributed by atoms with Gasteiger partial charge in [-0.3, -0.25) is 4.79 Å². The first-order valence-electron chi connectivity index (χ1n) is 6.99. The highest BCUT2D eigenvalue weighted by molar-refractivity contribution is 5.80. The molecule has 0 aliphatic heterocycles. The molecule has 1 rings (SSSR count). The van der Waals surface area contributed by atoms with Gasteiger partial charge in [0.15, 0.2) is 0 Å². The van der Waals surface area contributed by atoms with Crippen LogP contribution in [0.2, 0.25) is 0 Å². The van der Waals surface area contributed by atoms with E-state index in [-0.39, 0.29) is 5.78 Å². The van der Waals surface area contributed by atoms with Gasteiger partial charge >= 0.3 is 0 Å². The second-order valence-corrected chi connectivity index (χ2v) is 4.63. The topological polar surface area (TPSA) is 26.3 Å². The van der Waals surface area contributed by atoms with Crippen molar-refractivity contribution in [1.82, 2.24) is 0 Å².